The Hall–Kier alpha value is -3.93. The molecule has 0 bridgehead atoms. The lowest BCUT2D eigenvalue weighted by Crippen LogP contribution is -2.35. The van der Waals surface area contributed by atoms with E-state index in [2.05, 4.69) is 6.92 Å². The Labute approximate surface area is 192 Å². The van der Waals surface area contributed by atoms with E-state index in [9.17, 15) is 19.7 Å². The van der Waals surface area contributed by atoms with E-state index in [0.29, 0.717) is 17.3 Å². The van der Waals surface area contributed by atoms with Gasteiger partial charge in [0.1, 0.15) is 5.69 Å². The molecule has 1 aliphatic heterocycles. The average Bonchev–Trinajstić information content (AvgIpc) is 2.83. The molecule has 33 heavy (non-hydrogen) atoms. The second-order valence-corrected chi connectivity index (χ2v) is 8.02. The molecular weight excluding hydrogens is 424 g/mol. The number of para-hydroxylation sites is 1. The predicted molar refractivity (Wildman–Crippen MR) is 123 cm³/mol. The lowest BCUT2D eigenvalue weighted by atomic mass is 9.99. The standard InChI is InChI=1S/C24H26N4O5/c1-18-7-5-13-26(16-18)21-11-10-19(15-22(21)28(31)32)24(30)33-17-23(29)27(14-6-12-25)20-8-3-2-4-9-20/h2-4,8-11,15,18H,5-7,13-14,16-17H2,1H3. The molecular formula is C24H26N4O5. The number of rotatable bonds is 8. The fourth-order valence-electron chi connectivity index (χ4n) is 3.93. The fourth-order valence-corrected chi connectivity index (χ4v) is 3.93. The van der Waals surface area contributed by atoms with Crippen LogP contribution in [-0.4, -0.2) is 43.0 Å². The number of hydrogen-bond donors (Lipinski definition) is 0. The molecule has 0 radical (unpaired) electrons. The highest BCUT2D eigenvalue weighted by Gasteiger charge is 2.26. The van der Waals surface area contributed by atoms with Crippen LogP contribution in [0.3, 0.4) is 0 Å². The molecule has 2 aromatic rings. The highest BCUT2D eigenvalue weighted by Crippen LogP contribution is 2.32. The molecule has 2 aromatic carbocycles. The Balaban J connectivity index is 1.71. The molecule has 172 valence electrons. The highest BCUT2D eigenvalue weighted by molar-refractivity contribution is 5.97. The number of anilines is 2. The van der Waals surface area contributed by atoms with E-state index in [1.807, 2.05) is 11.0 Å². The Morgan fingerprint density at radius 1 is 1.27 bits per heavy atom. The molecule has 3 rings (SSSR count). The van der Waals surface area contributed by atoms with Crippen molar-refractivity contribution >= 4 is 28.9 Å². The minimum absolute atomic E-state index is 0.00611. The van der Waals surface area contributed by atoms with Crippen LogP contribution in [0.5, 0.6) is 0 Å². The van der Waals surface area contributed by atoms with Crippen molar-refractivity contribution in [2.45, 2.75) is 26.2 Å². The molecule has 1 unspecified atom stereocenters. The fraction of sp³-hybridized carbons (Fsp3) is 0.375. The van der Waals surface area contributed by atoms with Gasteiger partial charge in [0.25, 0.3) is 11.6 Å². The van der Waals surface area contributed by atoms with E-state index in [-0.39, 0.29) is 24.2 Å². The topological polar surface area (TPSA) is 117 Å². The molecule has 1 heterocycles. The number of esters is 1. The Kier molecular flexibility index (Phi) is 7.97. The van der Waals surface area contributed by atoms with Crippen LogP contribution in [0.25, 0.3) is 0 Å². The van der Waals surface area contributed by atoms with Gasteiger partial charge in [0.15, 0.2) is 6.61 Å². The summed E-state index contributed by atoms with van der Waals surface area (Å²) < 4.78 is 5.16. The largest absolute Gasteiger partial charge is 0.452 e. The zero-order chi connectivity index (χ0) is 23.8. The van der Waals surface area contributed by atoms with Gasteiger partial charge in [0, 0.05) is 31.4 Å². The maximum absolute atomic E-state index is 12.7. The summed E-state index contributed by atoms with van der Waals surface area (Å²) in [5.41, 5.74) is 0.909. The summed E-state index contributed by atoms with van der Waals surface area (Å²) >= 11 is 0. The quantitative estimate of drug-likeness (QED) is 0.340. The van der Waals surface area contributed by atoms with Gasteiger partial charge in [-0.1, -0.05) is 25.1 Å². The number of carbonyl (C=O) groups excluding carboxylic acids is 2. The number of nitro groups is 1. The normalized spacial score (nSPS) is 15.4. The number of amides is 1. The Morgan fingerprint density at radius 3 is 2.70 bits per heavy atom. The van der Waals surface area contributed by atoms with E-state index in [1.165, 1.54) is 17.0 Å². The van der Waals surface area contributed by atoms with Gasteiger partial charge in [-0.3, -0.25) is 14.9 Å². The van der Waals surface area contributed by atoms with E-state index in [1.54, 1.807) is 36.4 Å². The van der Waals surface area contributed by atoms with Gasteiger partial charge in [0.2, 0.25) is 0 Å². The van der Waals surface area contributed by atoms with Gasteiger partial charge in [-0.05, 0) is 43.0 Å². The smallest absolute Gasteiger partial charge is 0.338 e. The number of benzene rings is 2. The minimum Gasteiger partial charge on any atom is -0.452 e. The summed E-state index contributed by atoms with van der Waals surface area (Å²) in [5, 5.41) is 20.6. The molecule has 9 heteroatoms. The molecule has 1 atom stereocenters. The van der Waals surface area contributed by atoms with Crippen LogP contribution in [0.1, 0.15) is 36.5 Å². The van der Waals surface area contributed by atoms with Crippen molar-refractivity contribution in [3.8, 4) is 6.07 Å². The lowest BCUT2D eigenvalue weighted by molar-refractivity contribution is -0.384. The van der Waals surface area contributed by atoms with Gasteiger partial charge in [0.05, 0.1) is 23.0 Å². The summed E-state index contributed by atoms with van der Waals surface area (Å²) in [5.74, 6) is -0.876. The summed E-state index contributed by atoms with van der Waals surface area (Å²) in [7, 11) is 0. The molecule has 0 aliphatic carbocycles. The van der Waals surface area contributed by atoms with E-state index in [0.717, 1.165) is 25.9 Å². The average molecular weight is 450 g/mol. The van der Waals surface area contributed by atoms with Crippen molar-refractivity contribution < 1.29 is 19.2 Å². The van der Waals surface area contributed by atoms with Crippen molar-refractivity contribution in [1.29, 1.82) is 5.26 Å². The molecule has 1 aliphatic rings. The van der Waals surface area contributed by atoms with Gasteiger partial charge >= 0.3 is 5.97 Å². The second kappa shape index (κ2) is 11.1. The molecule has 1 amide bonds. The number of carbonyl (C=O) groups is 2. The summed E-state index contributed by atoms with van der Waals surface area (Å²) in [6.07, 6.45) is 2.16. The first-order valence-corrected chi connectivity index (χ1v) is 10.8. The van der Waals surface area contributed by atoms with Crippen molar-refractivity contribution in [3.05, 3.63) is 64.2 Å². The molecule has 0 aromatic heterocycles. The maximum atomic E-state index is 12.7. The van der Waals surface area contributed by atoms with Crippen LogP contribution in [0.15, 0.2) is 48.5 Å². The van der Waals surface area contributed by atoms with Crippen LogP contribution in [0.2, 0.25) is 0 Å². The molecule has 0 saturated carbocycles. The van der Waals surface area contributed by atoms with Crippen LogP contribution in [0, 0.1) is 27.4 Å². The maximum Gasteiger partial charge on any atom is 0.338 e. The third-order valence-corrected chi connectivity index (χ3v) is 5.55. The van der Waals surface area contributed by atoms with Crippen LogP contribution < -0.4 is 9.80 Å². The number of nitriles is 1. The summed E-state index contributed by atoms with van der Waals surface area (Å²) in [4.78, 5) is 39.7. The summed E-state index contributed by atoms with van der Waals surface area (Å²) in [6.45, 7) is 3.17. The van der Waals surface area contributed by atoms with Crippen molar-refractivity contribution in [3.63, 3.8) is 0 Å². The number of piperidine rings is 1. The number of hydrogen-bond acceptors (Lipinski definition) is 7. The zero-order valence-corrected chi connectivity index (χ0v) is 18.5. The van der Waals surface area contributed by atoms with E-state index in [4.69, 9.17) is 10.00 Å². The Bertz CT molecular complexity index is 1050. The predicted octanol–water partition coefficient (Wildman–Crippen LogP) is 3.93. The molecule has 0 spiro atoms. The van der Waals surface area contributed by atoms with E-state index < -0.39 is 23.4 Å². The van der Waals surface area contributed by atoms with Crippen LogP contribution >= 0.6 is 0 Å². The van der Waals surface area contributed by atoms with Gasteiger partial charge in [-0.2, -0.15) is 5.26 Å². The van der Waals surface area contributed by atoms with Crippen molar-refractivity contribution in [2.24, 2.45) is 5.92 Å². The van der Waals surface area contributed by atoms with Crippen molar-refractivity contribution in [2.75, 3.05) is 36.0 Å². The summed E-state index contributed by atoms with van der Waals surface area (Å²) in [6, 6.07) is 15.0. The first kappa shape index (κ1) is 23.7. The van der Waals surface area contributed by atoms with Gasteiger partial charge < -0.3 is 14.5 Å². The van der Waals surface area contributed by atoms with Gasteiger partial charge in [-0.15, -0.1) is 0 Å². The minimum atomic E-state index is -0.821. The van der Waals surface area contributed by atoms with E-state index >= 15 is 0 Å². The molecule has 1 fully saturated rings. The monoisotopic (exact) mass is 450 g/mol. The van der Waals surface area contributed by atoms with Crippen molar-refractivity contribution in [1.82, 2.24) is 0 Å². The number of nitrogens with zero attached hydrogens (tertiary/aromatic N) is 4. The number of nitro benzene ring substituents is 1. The lowest BCUT2D eigenvalue weighted by Gasteiger charge is -2.32. The number of ether oxygens (including phenoxy) is 1. The SMILES string of the molecule is CC1CCCN(c2ccc(C(=O)OCC(=O)N(CCC#N)c3ccccc3)cc2[N+](=O)[O-])C1. The Morgan fingerprint density at radius 2 is 2.03 bits per heavy atom. The first-order valence-electron chi connectivity index (χ1n) is 10.8. The third-order valence-electron chi connectivity index (χ3n) is 5.55. The zero-order valence-electron chi connectivity index (χ0n) is 18.5. The molecule has 0 N–H and O–H groups in total. The first-order chi connectivity index (χ1) is 15.9. The second-order valence-electron chi connectivity index (χ2n) is 8.02. The van der Waals surface area contributed by atoms with Crippen LogP contribution in [0.4, 0.5) is 17.1 Å². The highest BCUT2D eigenvalue weighted by atomic mass is 16.6. The molecule has 9 nitrogen and oxygen atoms in total. The third kappa shape index (κ3) is 6.07. The molecule has 1 saturated heterocycles. The van der Waals surface area contributed by atoms with Gasteiger partial charge in [-0.25, -0.2) is 4.79 Å². The van der Waals surface area contributed by atoms with Crippen LogP contribution in [-0.2, 0) is 9.53 Å².